The van der Waals surface area contributed by atoms with E-state index >= 15 is 4.39 Å². The van der Waals surface area contributed by atoms with E-state index in [1.165, 1.54) is 25.4 Å². The minimum Gasteiger partial charge on any atom is -0.488 e. The highest BCUT2D eigenvalue weighted by Crippen LogP contribution is 2.38. The number of likely N-dealkylation sites (tertiary alicyclic amines) is 1. The Morgan fingerprint density at radius 2 is 1.77 bits per heavy atom. The summed E-state index contributed by atoms with van der Waals surface area (Å²) in [7, 11) is -2.27. The topological polar surface area (TPSA) is 168 Å². The van der Waals surface area contributed by atoms with Gasteiger partial charge in [0, 0.05) is 48.3 Å². The molecule has 0 radical (unpaired) electrons. The Labute approximate surface area is 272 Å². The number of piperidine rings is 1. The van der Waals surface area contributed by atoms with Gasteiger partial charge in [-0.25, -0.2) is 33.2 Å². The number of rotatable bonds is 9. The van der Waals surface area contributed by atoms with Crippen LogP contribution >= 0.6 is 0 Å². The third-order valence-electron chi connectivity index (χ3n) is 9.09. The predicted molar refractivity (Wildman–Crippen MR) is 172 cm³/mol. The van der Waals surface area contributed by atoms with Gasteiger partial charge in [-0.2, -0.15) is 0 Å². The Balaban J connectivity index is 1.29. The van der Waals surface area contributed by atoms with Gasteiger partial charge in [-0.1, -0.05) is 0 Å². The highest BCUT2D eigenvalue weighted by molar-refractivity contribution is 7.92. The quantitative estimate of drug-likeness (QED) is 0.225. The summed E-state index contributed by atoms with van der Waals surface area (Å²) in [5.74, 6) is -0.187. The molecule has 14 nitrogen and oxygen atoms in total. The second-order valence-corrected chi connectivity index (χ2v) is 14.0. The number of aromatic nitrogens is 3. The van der Waals surface area contributed by atoms with Crippen molar-refractivity contribution in [1.82, 2.24) is 25.3 Å². The fraction of sp³-hybridized carbons (Fsp3) is 0.548. The van der Waals surface area contributed by atoms with Gasteiger partial charge in [-0.15, -0.1) is 0 Å². The highest BCUT2D eigenvalue weighted by Gasteiger charge is 2.32. The monoisotopic (exact) mass is 673 g/mol. The normalized spacial score (nSPS) is 21.4. The Hall–Kier alpha value is -3.86. The summed E-state index contributed by atoms with van der Waals surface area (Å²) in [6.45, 7) is 3.74. The first kappa shape index (κ1) is 33.1. The molecule has 3 N–H and O–H groups in total. The van der Waals surface area contributed by atoms with Crippen LogP contribution in [0.15, 0.2) is 24.4 Å². The molecule has 0 spiro atoms. The number of sulfonamides is 1. The lowest BCUT2D eigenvalue weighted by Gasteiger charge is -2.40. The second-order valence-electron chi connectivity index (χ2n) is 12.3. The van der Waals surface area contributed by atoms with E-state index < -0.39 is 15.8 Å². The maximum Gasteiger partial charge on any atom is 0.246 e. The van der Waals surface area contributed by atoms with Crippen molar-refractivity contribution in [3.8, 4) is 22.9 Å². The van der Waals surface area contributed by atoms with Crippen molar-refractivity contribution in [3.05, 3.63) is 30.2 Å². The number of benzene rings is 1. The van der Waals surface area contributed by atoms with Crippen LogP contribution in [-0.2, 0) is 19.6 Å². The molecule has 1 aromatic carbocycles. The SMILES string of the molecule is COc1ncc(-c2nc(N3CCOCC3)nc3c(O[C@H]4CC[C@H](N5CCC(C(=O)NO)CC5)CC4)cc(F)cc23)cc1NS(C)(=O)=O. The van der Waals surface area contributed by atoms with Crippen LogP contribution in [-0.4, -0.2) is 104 Å². The van der Waals surface area contributed by atoms with Crippen molar-refractivity contribution in [2.24, 2.45) is 5.92 Å². The Morgan fingerprint density at radius 1 is 1.04 bits per heavy atom. The van der Waals surface area contributed by atoms with Crippen LogP contribution in [0, 0.1) is 11.7 Å². The summed E-state index contributed by atoms with van der Waals surface area (Å²) in [6, 6.07) is 4.64. The Bertz CT molecular complexity index is 1710. The number of carbonyl (C=O) groups excluding carboxylic acids is 1. The van der Waals surface area contributed by atoms with E-state index in [4.69, 9.17) is 29.4 Å². The molecular formula is C31H40FN7O7S. The van der Waals surface area contributed by atoms with Crippen LogP contribution in [0.2, 0.25) is 0 Å². The van der Waals surface area contributed by atoms with Crippen LogP contribution < -0.4 is 24.6 Å². The second kappa shape index (κ2) is 14.1. The first-order valence-electron chi connectivity index (χ1n) is 15.8. The molecule has 1 aliphatic carbocycles. The molecule has 16 heteroatoms. The molecule has 0 unspecified atom stereocenters. The zero-order valence-corrected chi connectivity index (χ0v) is 27.3. The molecule has 0 atom stereocenters. The molecule has 1 amide bonds. The standard InChI is InChI=1S/C31H40FN7O7S/c1-44-30-25(37-47(2,42)43)15-20(18-33-30)27-24-16-21(32)17-26(28(24)35-31(34-27)39-11-13-45-14-12-39)46-23-5-3-22(4-6-23)38-9-7-19(8-10-38)29(40)36-41/h15-19,22-23,37,41H,3-14H2,1-2H3,(H,36,40)/t22-,23-. The van der Waals surface area contributed by atoms with Crippen molar-refractivity contribution < 1.29 is 37.0 Å². The minimum absolute atomic E-state index is 0.0803. The van der Waals surface area contributed by atoms with E-state index in [-0.39, 0.29) is 29.5 Å². The number of carbonyl (C=O) groups is 1. The molecule has 1 saturated carbocycles. The molecule has 254 valence electrons. The minimum atomic E-state index is -3.66. The van der Waals surface area contributed by atoms with Crippen LogP contribution in [0.4, 0.5) is 16.0 Å². The maximum atomic E-state index is 15.3. The zero-order valence-electron chi connectivity index (χ0n) is 26.4. The number of hydrogen-bond acceptors (Lipinski definition) is 12. The van der Waals surface area contributed by atoms with Gasteiger partial charge in [0.25, 0.3) is 0 Å². The number of anilines is 2. The Kier molecular flexibility index (Phi) is 9.91. The van der Waals surface area contributed by atoms with Gasteiger partial charge in [0.2, 0.25) is 27.8 Å². The lowest BCUT2D eigenvalue weighted by atomic mass is 9.88. The molecule has 0 bridgehead atoms. The average Bonchev–Trinajstić information content (AvgIpc) is 3.07. The van der Waals surface area contributed by atoms with E-state index in [1.807, 2.05) is 4.90 Å². The number of methoxy groups -OCH3 is 1. The van der Waals surface area contributed by atoms with E-state index in [0.29, 0.717) is 79.0 Å². The van der Waals surface area contributed by atoms with Gasteiger partial charge < -0.3 is 24.0 Å². The average molecular weight is 674 g/mol. The van der Waals surface area contributed by atoms with Crippen LogP contribution in [0.3, 0.4) is 0 Å². The third kappa shape index (κ3) is 7.66. The summed E-state index contributed by atoms with van der Waals surface area (Å²) in [5, 5.41) is 9.36. The number of nitrogens with one attached hydrogen (secondary N) is 2. The zero-order chi connectivity index (χ0) is 33.1. The number of ether oxygens (including phenoxy) is 3. The van der Waals surface area contributed by atoms with Gasteiger partial charge in [0.1, 0.15) is 22.8 Å². The summed E-state index contributed by atoms with van der Waals surface area (Å²) in [6.07, 6.45) is 7.17. The molecule has 3 aromatic rings. The smallest absolute Gasteiger partial charge is 0.246 e. The number of halogens is 1. The summed E-state index contributed by atoms with van der Waals surface area (Å²) >= 11 is 0. The summed E-state index contributed by atoms with van der Waals surface area (Å²) < 4.78 is 59.2. The van der Waals surface area contributed by atoms with Crippen LogP contribution in [0.1, 0.15) is 38.5 Å². The number of hydrogen-bond donors (Lipinski definition) is 3. The van der Waals surface area contributed by atoms with Crippen molar-refractivity contribution >= 4 is 38.5 Å². The van der Waals surface area contributed by atoms with Gasteiger partial charge in [0.15, 0.2) is 0 Å². The molecular weight excluding hydrogens is 633 g/mol. The first-order valence-corrected chi connectivity index (χ1v) is 17.7. The molecule has 3 fully saturated rings. The molecule has 6 rings (SSSR count). The van der Waals surface area contributed by atoms with E-state index in [9.17, 15) is 13.2 Å². The third-order valence-corrected chi connectivity index (χ3v) is 9.68. The van der Waals surface area contributed by atoms with Gasteiger partial charge in [-0.3, -0.25) is 14.7 Å². The van der Waals surface area contributed by atoms with Crippen molar-refractivity contribution in [2.75, 3.05) is 62.4 Å². The fourth-order valence-corrected chi connectivity index (χ4v) is 7.26. The lowest BCUT2D eigenvalue weighted by Crippen LogP contribution is -2.46. The van der Waals surface area contributed by atoms with Crippen molar-refractivity contribution in [1.29, 1.82) is 0 Å². The molecule has 2 aromatic heterocycles. The van der Waals surface area contributed by atoms with E-state index in [1.54, 1.807) is 11.5 Å². The van der Waals surface area contributed by atoms with Gasteiger partial charge in [-0.05, 0) is 63.7 Å². The molecule has 2 aliphatic heterocycles. The summed E-state index contributed by atoms with van der Waals surface area (Å²) in [5.41, 5.74) is 3.15. The predicted octanol–water partition coefficient (Wildman–Crippen LogP) is 2.96. The van der Waals surface area contributed by atoms with Crippen molar-refractivity contribution in [2.45, 2.75) is 50.7 Å². The highest BCUT2D eigenvalue weighted by atomic mass is 32.2. The number of nitrogens with zero attached hydrogens (tertiary/aromatic N) is 5. The van der Waals surface area contributed by atoms with Crippen molar-refractivity contribution in [3.63, 3.8) is 0 Å². The number of fused-ring (bicyclic) bond motifs is 1. The first-order chi connectivity index (χ1) is 22.6. The lowest BCUT2D eigenvalue weighted by molar-refractivity contribution is -0.135. The number of amides is 1. The van der Waals surface area contributed by atoms with Gasteiger partial charge >= 0.3 is 0 Å². The molecule has 2 saturated heterocycles. The van der Waals surface area contributed by atoms with E-state index in [0.717, 1.165) is 45.0 Å². The number of hydroxylamine groups is 1. The fourth-order valence-electron chi connectivity index (χ4n) is 6.71. The Morgan fingerprint density at radius 3 is 2.43 bits per heavy atom. The molecule has 4 heterocycles. The van der Waals surface area contributed by atoms with Gasteiger partial charge in [0.05, 0.1) is 38.4 Å². The molecule has 47 heavy (non-hydrogen) atoms. The van der Waals surface area contributed by atoms with E-state index in [2.05, 4.69) is 14.6 Å². The number of pyridine rings is 1. The summed E-state index contributed by atoms with van der Waals surface area (Å²) in [4.78, 5) is 30.2. The maximum absolute atomic E-state index is 15.3. The number of morpholine rings is 1. The van der Waals surface area contributed by atoms with Crippen LogP contribution in [0.5, 0.6) is 11.6 Å². The van der Waals surface area contributed by atoms with Crippen LogP contribution in [0.25, 0.3) is 22.2 Å². The molecule has 3 aliphatic rings. The largest absolute Gasteiger partial charge is 0.488 e.